The maximum absolute atomic E-state index is 10.3. The average molecular weight is 338 g/mol. The molecular weight excluding hydrogens is 316 g/mol. The third-order valence-corrected chi connectivity index (χ3v) is 5.01. The monoisotopic (exact) mass is 338 g/mol. The van der Waals surface area contributed by atoms with Crippen LogP contribution in [0.1, 0.15) is 41.8 Å². The van der Waals surface area contributed by atoms with Crippen LogP contribution in [0.15, 0.2) is 18.6 Å². The number of aryl methyl sites for hydroxylation is 1. The Kier molecular flexibility index (Phi) is 3.50. The second kappa shape index (κ2) is 5.49. The predicted octanol–water partition coefficient (Wildman–Crippen LogP) is 1.93. The van der Waals surface area contributed by atoms with Gasteiger partial charge in [0.2, 0.25) is 0 Å². The Morgan fingerprint density at radius 3 is 2.76 bits per heavy atom. The van der Waals surface area contributed by atoms with Crippen LogP contribution in [0.25, 0.3) is 5.65 Å². The Labute approximate surface area is 146 Å². The van der Waals surface area contributed by atoms with Crippen molar-refractivity contribution in [2.24, 2.45) is 0 Å². The van der Waals surface area contributed by atoms with Gasteiger partial charge in [-0.2, -0.15) is 4.52 Å². The highest BCUT2D eigenvalue weighted by molar-refractivity contribution is 5.59. The van der Waals surface area contributed by atoms with Crippen LogP contribution in [0.4, 0.5) is 5.82 Å². The maximum Gasteiger partial charge on any atom is 0.180 e. The van der Waals surface area contributed by atoms with Crippen molar-refractivity contribution in [1.29, 1.82) is 0 Å². The van der Waals surface area contributed by atoms with E-state index >= 15 is 0 Å². The van der Waals surface area contributed by atoms with E-state index in [1.807, 2.05) is 0 Å². The molecule has 7 heteroatoms. The van der Waals surface area contributed by atoms with Gasteiger partial charge >= 0.3 is 0 Å². The second-order valence-electron chi connectivity index (χ2n) is 7.23. The van der Waals surface area contributed by atoms with Gasteiger partial charge < -0.3 is 10.0 Å². The number of pyridine rings is 1. The molecule has 0 radical (unpaired) electrons. The highest BCUT2D eigenvalue weighted by Gasteiger charge is 2.24. The van der Waals surface area contributed by atoms with E-state index in [0.29, 0.717) is 0 Å². The van der Waals surface area contributed by atoms with Gasteiger partial charge in [-0.05, 0) is 39.3 Å². The smallest absolute Gasteiger partial charge is 0.180 e. The SMILES string of the molecule is Cc1c(N2CCc3ncc(C(C)(C)O)cc3C2)nn2cnnc2c1C. The fourth-order valence-electron chi connectivity index (χ4n) is 3.30. The Balaban J connectivity index is 1.74. The minimum absolute atomic E-state index is 0.729. The van der Waals surface area contributed by atoms with E-state index in [9.17, 15) is 5.11 Å². The number of rotatable bonds is 2. The van der Waals surface area contributed by atoms with Gasteiger partial charge in [0.1, 0.15) is 6.33 Å². The van der Waals surface area contributed by atoms with Gasteiger partial charge in [0.25, 0.3) is 0 Å². The fourth-order valence-corrected chi connectivity index (χ4v) is 3.30. The normalized spacial score (nSPS) is 14.8. The van der Waals surface area contributed by atoms with E-state index in [1.165, 1.54) is 0 Å². The molecule has 1 aliphatic rings. The van der Waals surface area contributed by atoms with Crippen LogP contribution in [0.3, 0.4) is 0 Å². The van der Waals surface area contributed by atoms with Crippen LogP contribution >= 0.6 is 0 Å². The summed E-state index contributed by atoms with van der Waals surface area (Å²) in [5.41, 5.74) is 5.20. The summed E-state index contributed by atoms with van der Waals surface area (Å²) in [6.07, 6.45) is 4.28. The molecule has 0 saturated heterocycles. The molecule has 3 aromatic heterocycles. The molecule has 0 spiro atoms. The molecule has 25 heavy (non-hydrogen) atoms. The van der Waals surface area contributed by atoms with Crippen molar-refractivity contribution in [3.05, 3.63) is 46.5 Å². The quantitative estimate of drug-likeness (QED) is 0.769. The largest absolute Gasteiger partial charge is 0.386 e. The lowest BCUT2D eigenvalue weighted by Gasteiger charge is -2.31. The molecule has 1 N–H and O–H groups in total. The van der Waals surface area contributed by atoms with E-state index in [4.69, 9.17) is 5.10 Å². The van der Waals surface area contributed by atoms with Crippen molar-refractivity contribution >= 4 is 11.5 Å². The van der Waals surface area contributed by atoms with Crippen LogP contribution in [0.5, 0.6) is 0 Å². The highest BCUT2D eigenvalue weighted by atomic mass is 16.3. The summed E-state index contributed by atoms with van der Waals surface area (Å²) in [5.74, 6) is 0.948. The molecule has 4 rings (SSSR count). The summed E-state index contributed by atoms with van der Waals surface area (Å²) in [5, 5.41) is 23.1. The lowest BCUT2D eigenvalue weighted by Crippen LogP contribution is -2.33. The predicted molar refractivity (Wildman–Crippen MR) is 94.5 cm³/mol. The minimum Gasteiger partial charge on any atom is -0.386 e. The molecule has 1 aliphatic heterocycles. The Morgan fingerprint density at radius 1 is 1.20 bits per heavy atom. The summed E-state index contributed by atoms with van der Waals surface area (Å²) in [4.78, 5) is 6.83. The van der Waals surface area contributed by atoms with Gasteiger partial charge in [-0.3, -0.25) is 4.98 Å². The van der Waals surface area contributed by atoms with E-state index in [2.05, 4.69) is 40.0 Å². The molecule has 3 aromatic rings. The van der Waals surface area contributed by atoms with Crippen LogP contribution in [-0.4, -0.2) is 36.4 Å². The zero-order chi connectivity index (χ0) is 17.8. The average Bonchev–Trinajstić information content (AvgIpc) is 3.05. The number of fused-ring (bicyclic) bond motifs is 2. The third kappa shape index (κ3) is 2.64. The first-order valence-corrected chi connectivity index (χ1v) is 8.47. The molecule has 0 amide bonds. The first-order valence-electron chi connectivity index (χ1n) is 8.47. The van der Waals surface area contributed by atoms with Crippen LogP contribution in [-0.2, 0) is 18.6 Å². The number of hydrogen-bond acceptors (Lipinski definition) is 6. The number of nitrogens with zero attached hydrogens (tertiary/aromatic N) is 6. The van der Waals surface area contributed by atoms with Crippen molar-refractivity contribution < 1.29 is 5.11 Å². The summed E-state index contributed by atoms with van der Waals surface area (Å²) >= 11 is 0. The Hall–Kier alpha value is -2.54. The Bertz CT molecular complexity index is 956. The maximum atomic E-state index is 10.3. The Morgan fingerprint density at radius 2 is 2.00 bits per heavy atom. The van der Waals surface area contributed by atoms with Crippen molar-refractivity contribution in [2.75, 3.05) is 11.4 Å². The molecule has 0 aliphatic carbocycles. The fraction of sp³-hybridized carbons (Fsp3) is 0.444. The first kappa shape index (κ1) is 16.0. The van der Waals surface area contributed by atoms with Gasteiger partial charge in [-0.1, -0.05) is 0 Å². The van der Waals surface area contributed by atoms with Gasteiger partial charge in [0, 0.05) is 48.1 Å². The number of hydrogen-bond donors (Lipinski definition) is 1. The van der Waals surface area contributed by atoms with Crippen LogP contribution in [0.2, 0.25) is 0 Å². The zero-order valence-corrected chi connectivity index (χ0v) is 15.0. The van der Waals surface area contributed by atoms with Gasteiger partial charge in [-0.25, -0.2) is 0 Å². The lowest BCUT2D eigenvalue weighted by molar-refractivity contribution is 0.0781. The molecule has 0 atom stereocenters. The molecular formula is C18H22N6O. The number of anilines is 1. The van der Waals surface area contributed by atoms with E-state index < -0.39 is 5.60 Å². The molecule has 0 aromatic carbocycles. The van der Waals surface area contributed by atoms with E-state index in [0.717, 1.165) is 58.9 Å². The molecule has 0 bridgehead atoms. The summed E-state index contributed by atoms with van der Waals surface area (Å²) in [6, 6.07) is 2.06. The molecule has 0 unspecified atom stereocenters. The van der Waals surface area contributed by atoms with E-state index in [1.54, 1.807) is 30.9 Å². The molecule has 0 saturated carbocycles. The van der Waals surface area contributed by atoms with Crippen molar-refractivity contribution in [3.63, 3.8) is 0 Å². The van der Waals surface area contributed by atoms with E-state index in [-0.39, 0.29) is 0 Å². The molecule has 4 heterocycles. The summed E-state index contributed by atoms with van der Waals surface area (Å²) < 4.78 is 1.73. The lowest BCUT2D eigenvalue weighted by atomic mass is 9.95. The van der Waals surface area contributed by atoms with Crippen molar-refractivity contribution in [2.45, 2.75) is 46.3 Å². The third-order valence-electron chi connectivity index (χ3n) is 5.01. The van der Waals surface area contributed by atoms with Crippen molar-refractivity contribution in [1.82, 2.24) is 24.8 Å². The summed E-state index contributed by atoms with van der Waals surface area (Å²) in [6.45, 7) is 9.29. The van der Waals surface area contributed by atoms with Crippen LogP contribution < -0.4 is 4.90 Å². The van der Waals surface area contributed by atoms with Crippen LogP contribution in [0, 0.1) is 13.8 Å². The van der Waals surface area contributed by atoms with Gasteiger partial charge in [0.05, 0.1) is 5.60 Å². The van der Waals surface area contributed by atoms with Gasteiger partial charge in [0.15, 0.2) is 11.5 Å². The highest BCUT2D eigenvalue weighted by Crippen LogP contribution is 2.29. The second-order valence-corrected chi connectivity index (χ2v) is 7.23. The molecule has 7 nitrogen and oxygen atoms in total. The molecule has 130 valence electrons. The van der Waals surface area contributed by atoms with Gasteiger partial charge in [-0.15, -0.1) is 15.3 Å². The van der Waals surface area contributed by atoms with Crippen molar-refractivity contribution in [3.8, 4) is 0 Å². The summed E-state index contributed by atoms with van der Waals surface area (Å²) in [7, 11) is 0. The minimum atomic E-state index is -0.892. The number of aliphatic hydroxyl groups is 1. The number of aromatic nitrogens is 5. The zero-order valence-electron chi connectivity index (χ0n) is 15.0. The first-order chi connectivity index (χ1) is 11.8. The standard InChI is InChI=1S/C18H22N6O/c1-11-12(2)17(22-24-10-20-21-16(11)24)23-6-5-15-13(9-23)7-14(8-19-15)18(3,4)25/h7-8,10,25H,5-6,9H2,1-4H3. The topological polar surface area (TPSA) is 79.4 Å². The molecule has 0 fully saturated rings.